The molecule has 0 aliphatic carbocycles. The van der Waals surface area contributed by atoms with Gasteiger partial charge in [0.2, 0.25) is 17.2 Å². The van der Waals surface area contributed by atoms with Crippen molar-refractivity contribution < 1.29 is 4.74 Å². The lowest BCUT2D eigenvalue weighted by atomic mass is 10.0. The minimum atomic E-state index is -0.442. The van der Waals surface area contributed by atoms with Crippen LogP contribution in [-0.2, 0) is 4.74 Å². The molecule has 0 aromatic heterocycles. The molecule has 4 nitrogen and oxygen atoms in total. The molecule has 1 atom stereocenters. The number of nitrogens with zero attached hydrogens (tertiary/aromatic N) is 3. The highest BCUT2D eigenvalue weighted by molar-refractivity contribution is 7.80. The number of aliphatic imine (C=N–C) groups is 1. The molecule has 0 radical (unpaired) electrons. The highest BCUT2D eigenvalue weighted by Crippen LogP contribution is 2.37. The minimum Gasteiger partial charge on any atom is -0.448 e. The number of ether oxygens (including phenoxy) is 1. The zero-order chi connectivity index (χ0) is 23.0. The van der Waals surface area contributed by atoms with E-state index in [4.69, 9.17) is 28.6 Å². The van der Waals surface area contributed by atoms with E-state index in [0.717, 1.165) is 28.1 Å². The lowest BCUT2D eigenvalue weighted by Crippen LogP contribution is -2.40. The van der Waals surface area contributed by atoms with Gasteiger partial charge in [0.25, 0.3) is 0 Å². The second-order valence-electron chi connectivity index (χ2n) is 8.26. The van der Waals surface area contributed by atoms with Crippen molar-refractivity contribution >= 4 is 46.2 Å². The van der Waals surface area contributed by atoms with Gasteiger partial charge in [-0.2, -0.15) is 4.99 Å². The Hall–Kier alpha value is -2.89. The van der Waals surface area contributed by atoms with Crippen LogP contribution in [0.2, 0.25) is 5.02 Å². The van der Waals surface area contributed by atoms with Gasteiger partial charge < -0.3 is 9.64 Å². The van der Waals surface area contributed by atoms with Gasteiger partial charge in [-0.15, -0.1) is 0 Å². The number of rotatable bonds is 4. The number of thiocarbonyl (C=S) groups is 1. The van der Waals surface area contributed by atoms with Crippen LogP contribution in [0.3, 0.4) is 0 Å². The van der Waals surface area contributed by atoms with Crippen LogP contribution in [0, 0.1) is 20.8 Å². The summed E-state index contributed by atoms with van der Waals surface area (Å²) in [6.07, 6.45) is -0.442. The lowest BCUT2D eigenvalue weighted by Gasteiger charge is -2.37. The lowest BCUT2D eigenvalue weighted by molar-refractivity contribution is 0.196. The third-order valence-electron chi connectivity index (χ3n) is 5.72. The summed E-state index contributed by atoms with van der Waals surface area (Å²) in [6, 6.07) is 20.1. The number of halogens is 1. The summed E-state index contributed by atoms with van der Waals surface area (Å²) in [6.45, 7) is 6.32. The maximum atomic E-state index is 6.49. The van der Waals surface area contributed by atoms with Crippen LogP contribution in [0.5, 0.6) is 0 Å². The number of hydrogen-bond acceptors (Lipinski definition) is 3. The number of benzene rings is 3. The molecule has 32 heavy (non-hydrogen) atoms. The molecule has 4 rings (SSSR count). The molecule has 0 N–H and O–H groups in total. The topological polar surface area (TPSA) is 28.1 Å². The van der Waals surface area contributed by atoms with Gasteiger partial charge in [0.05, 0.1) is 5.69 Å². The molecule has 0 spiro atoms. The quantitative estimate of drug-likeness (QED) is 0.407. The first kappa shape index (κ1) is 22.3. The van der Waals surface area contributed by atoms with Crippen molar-refractivity contribution in [3.63, 3.8) is 0 Å². The van der Waals surface area contributed by atoms with Crippen LogP contribution in [0.25, 0.3) is 0 Å². The smallest absolute Gasteiger partial charge is 0.225 e. The highest BCUT2D eigenvalue weighted by atomic mass is 35.5. The summed E-state index contributed by atoms with van der Waals surface area (Å²) in [4.78, 5) is 8.73. The molecular weight excluding hydrogens is 438 g/mol. The van der Waals surface area contributed by atoms with Crippen molar-refractivity contribution in [3.8, 4) is 0 Å². The molecule has 1 aliphatic rings. The maximum absolute atomic E-state index is 6.49. The van der Waals surface area contributed by atoms with Gasteiger partial charge in [-0.1, -0.05) is 29.8 Å². The van der Waals surface area contributed by atoms with Gasteiger partial charge in [-0.3, -0.25) is 4.90 Å². The van der Waals surface area contributed by atoms with E-state index in [1.54, 1.807) is 0 Å². The first-order chi connectivity index (χ1) is 15.2. The zero-order valence-electron chi connectivity index (χ0n) is 18.9. The van der Waals surface area contributed by atoms with Gasteiger partial charge in [0.1, 0.15) is 0 Å². The molecule has 1 heterocycles. The highest BCUT2D eigenvalue weighted by Gasteiger charge is 2.33. The summed E-state index contributed by atoms with van der Waals surface area (Å²) in [5.74, 6) is 0.492. The Morgan fingerprint density at radius 1 is 0.906 bits per heavy atom. The van der Waals surface area contributed by atoms with Crippen LogP contribution < -0.4 is 9.80 Å². The van der Waals surface area contributed by atoms with Gasteiger partial charge in [0, 0.05) is 35.9 Å². The summed E-state index contributed by atoms with van der Waals surface area (Å²) in [7, 11) is 4.05. The van der Waals surface area contributed by atoms with E-state index in [2.05, 4.69) is 67.1 Å². The molecule has 0 saturated carbocycles. The fraction of sp³-hybridized carbons (Fsp3) is 0.231. The van der Waals surface area contributed by atoms with Crippen molar-refractivity contribution in [1.29, 1.82) is 0 Å². The number of hydrogen-bond donors (Lipinski definition) is 0. The van der Waals surface area contributed by atoms with Crippen LogP contribution in [-0.4, -0.2) is 25.1 Å². The number of aryl methyl sites for hydroxylation is 3. The van der Waals surface area contributed by atoms with Crippen molar-refractivity contribution in [2.75, 3.05) is 23.9 Å². The maximum Gasteiger partial charge on any atom is 0.225 e. The van der Waals surface area contributed by atoms with E-state index < -0.39 is 6.23 Å². The Bertz CT molecular complexity index is 1190. The second kappa shape index (κ2) is 8.93. The van der Waals surface area contributed by atoms with Crippen LogP contribution in [0.4, 0.5) is 11.4 Å². The molecule has 164 valence electrons. The monoisotopic (exact) mass is 463 g/mol. The summed E-state index contributed by atoms with van der Waals surface area (Å²) >= 11 is 11.9. The van der Waals surface area contributed by atoms with E-state index in [9.17, 15) is 0 Å². The van der Waals surface area contributed by atoms with Crippen LogP contribution in [0.1, 0.15) is 34.0 Å². The molecule has 3 aromatic rings. The standard InChI is InChI=1S/C26H26ClN3OS/c1-16-14-18(3)23(15-17(16)2)30-25(20-8-12-22(13-9-20)29(4)5)31-24(28-26(30)32)19-6-10-21(27)11-7-19/h6-15,25H,1-5H3. The first-order valence-corrected chi connectivity index (χ1v) is 11.2. The zero-order valence-corrected chi connectivity index (χ0v) is 20.5. The Morgan fingerprint density at radius 3 is 2.16 bits per heavy atom. The van der Waals surface area contributed by atoms with Crippen LogP contribution >= 0.6 is 23.8 Å². The third kappa shape index (κ3) is 4.36. The Kier molecular flexibility index (Phi) is 6.22. The van der Waals surface area contributed by atoms with E-state index in [-0.39, 0.29) is 0 Å². The van der Waals surface area contributed by atoms with Gasteiger partial charge in [-0.05, 0) is 92.1 Å². The van der Waals surface area contributed by atoms with Crippen molar-refractivity contribution in [2.45, 2.75) is 27.0 Å². The van der Waals surface area contributed by atoms with E-state index in [1.165, 1.54) is 11.1 Å². The molecule has 3 aromatic carbocycles. The summed E-state index contributed by atoms with van der Waals surface area (Å²) in [5, 5.41) is 1.13. The average molecular weight is 464 g/mol. The predicted molar refractivity (Wildman–Crippen MR) is 138 cm³/mol. The van der Waals surface area contributed by atoms with E-state index in [1.807, 2.05) is 43.3 Å². The predicted octanol–water partition coefficient (Wildman–Crippen LogP) is 6.60. The van der Waals surface area contributed by atoms with E-state index in [0.29, 0.717) is 16.0 Å². The number of anilines is 2. The molecule has 0 saturated heterocycles. The molecule has 0 fully saturated rings. The molecular formula is C26H26ClN3OS. The van der Waals surface area contributed by atoms with Crippen molar-refractivity contribution in [3.05, 3.63) is 93.5 Å². The van der Waals surface area contributed by atoms with Gasteiger partial charge >= 0.3 is 0 Å². The van der Waals surface area contributed by atoms with Gasteiger partial charge in [-0.25, -0.2) is 0 Å². The van der Waals surface area contributed by atoms with Crippen molar-refractivity contribution in [2.24, 2.45) is 4.99 Å². The molecule has 6 heteroatoms. The first-order valence-electron chi connectivity index (χ1n) is 10.4. The van der Waals surface area contributed by atoms with Crippen LogP contribution in [0.15, 0.2) is 65.7 Å². The average Bonchev–Trinajstić information content (AvgIpc) is 2.76. The Balaban J connectivity index is 1.83. The van der Waals surface area contributed by atoms with Crippen molar-refractivity contribution in [1.82, 2.24) is 0 Å². The molecule has 0 amide bonds. The third-order valence-corrected chi connectivity index (χ3v) is 6.26. The Labute approximate surface area is 200 Å². The second-order valence-corrected chi connectivity index (χ2v) is 9.06. The SMILES string of the molecule is Cc1cc(C)c(N2C(=S)N=C(c3ccc(Cl)cc3)OC2c2ccc(N(C)C)cc2)cc1C. The molecule has 0 bridgehead atoms. The summed E-state index contributed by atoms with van der Waals surface area (Å²) < 4.78 is 6.49. The molecule has 1 aliphatic heterocycles. The normalized spacial score (nSPS) is 15.9. The van der Waals surface area contributed by atoms with E-state index >= 15 is 0 Å². The summed E-state index contributed by atoms with van der Waals surface area (Å²) in [5.41, 5.74) is 7.51. The van der Waals surface area contributed by atoms with Gasteiger partial charge in [0.15, 0.2) is 0 Å². The fourth-order valence-corrected chi connectivity index (χ4v) is 4.14. The fourth-order valence-electron chi connectivity index (χ4n) is 3.74. The molecule has 1 unspecified atom stereocenters. The Morgan fingerprint density at radius 2 is 1.53 bits per heavy atom. The minimum absolute atomic E-state index is 0.442. The largest absolute Gasteiger partial charge is 0.448 e.